The fraction of sp³-hybridized carbons (Fsp3) is 0.185. The van der Waals surface area contributed by atoms with Gasteiger partial charge < -0.3 is 4.90 Å². The van der Waals surface area contributed by atoms with Crippen molar-refractivity contribution in [1.82, 2.24) is 9.80 Å². The van der Waals surface area contributed by atoms with E-state index < -0.39 is 0 Å². The number of halogens is 1. The number of aliphatic imine (C=N–C) groups is 1. The monoisotopic (exact) mass is 473 g/mol. The molecule has 0 saturated carbocycles. The molecule has 2 aliphatic rings. The topological polar surface area (TPSA) is 35.9 Å². The lowest BCUT2D eigenvalue weighted by molar-refractivity contribution is -0.113. The molecule has 6 heteroatoms. The van der Waals surface area contributed by atoms with Gasteiger partial charge in [-0.15, -0.1) is 0 Å². The number of amides is 1. The number of amidine groups is 1. The molecule has 1 saturated heterocycles. The highest BCUT2D eigenvalue weighted by Gasteiger charge is 2.31. The van der Waals surface area contributed by atoms with Gasteiger partial charge in [0.1, 0.15) is 0 Å². The molecule has 3 aromatic carbocycles. The van der Waals surface area contributed by atoms with Crippen LogP contribution in [0.1, 0.15) is 22.7 Å². The molecule has 2 heterocycles. The molecule has 33 heavy (non-hydrogen) atoms. The normalized spacial score (nSPS) is 18.2. The quantitative estimate of drug-likeness (QED) is 0.454. The van der Waals surface area contributed by atoms with Crippen molar-refractivity contribution in [3.63, 3.8) is 0 Å². The van der Waals surface area contributed by atoms with Crippen molar-refractivity contribution < 1.29 is 4.79 Å². The summed E-state index contributed by atoms with van der Waals surface area (Å²) in [4.78, 5) is 22.2. The molecule has 0 radical (unpaired) electrons. The molecular weight excluding hydrogens is 450 g/mol. The maximum atomic E-state index is 12.5. The molecule has 0 bridgehead atoms. The van der Waals surface area contributed by atoms with Gasteiger partial charge in [0.2, 0.25) is 0 Å². The predicted molar refractivity (Wildman–Crippen MR) is 137 cm³/mol. The van der Waals surface area contributed by atoms with Crippen LogP contribution >= 0.6 is 23.4 Å². The Balaban J connectivity index is 1.29. The van der Waals surface area contributed by atoms with Crippen molar-refractivity contribution in [1.29, 1.82) is 0 Å². The molecule has 2 aliphatic heterocycles. The smallest absolute Gasteiger partial charge is 0.286 e. The lowest BCUT2D eigenvalue weighted by atomic mass is 9.96. The summed E-state index contributed by atoms with van der Waals surface area (Å²) in [6.45, 7) is 3.45. The van der Waals surface area contributed by atoms with Gasteiger partial charge >= 0.3 is 0 Å². The minimum Gasteiger partial charge on any atom is -0.348 e. The first-order chi connectivity index (χ1) is 16.2. The maximum absolute atomic E-state index is 12.5. The largest absolute Gasteiger partial charge is 0.348 e. The molecule has 0 unspecified atom stereocenters. The van der Waals surface area contributed by atoms with Crippen LogP contribution in [0.25, 0.3) is 6.08 Å². The Morgan fingerprint density at radius 2 is 1.39 bits per heavy atom. The van der Waals surface area contributed by atoms with Gasteiger partial charge in [0.15, 0.2) is 5.17 Å². The van der Waals surface area contributed by atoms with E-state index in [4.69, 9.17) is 11.6 Å². The highest BCUT2D eigenvalue weighted by atomic mass is 35.5. The van der Waals surface area contributed by atoms with Crippen LogP contribution in [0.2, 0.25) is 5.02 Å². The number of hydrogen-bond acceptors (Lipinski definition) is 4. The standard InChI is InChI=1S/C27H24ClN3OS/c28-23-14-8-7-13-22(23)19-24-26(32)29-27(33-24)31-17-15-30(16-18-31)25(20-9-3-1-4-10-20)21-11-5-2-6-12-21/h1-14,19,25H,15-18H2/b24-19-. The fourth-order valence-corrected chi connectivity index (χ4v) is 5.47. The number of piperazine rings is 1. The predicted octanol–water partition coefficient (Wildman–Crippen LogP) is 5.72. The van der Waals surface area contributed by atoms with E-state index in [-0.39, 0.29) is 11.9 Å². The van der Waals surface area contributed by atoms with Gasteiger partial charge in [-0.1, -0.05) is 90.5 Å². The first-order valence-corrected chi connectivity index (χ1v) is 12.2. The molecule has 4 nitrogen and oxygen atoms in total. The van der Waals surface area contributed by atoms with Crippen molar-refractivity contribution in [3.05, 3.63) is 112 Å². The zero-order chi connectivity index (χ0) is 22.6. The summed E-state index contributed by atoms with van der Waals surface area (Å²) >= 11 is 7.71. The van der Waals surface area contributed by atoms with E-state index in [9.17, 15) is 4.79 Å². The first kappa shape index (κ1) is 22.0. The minimum absolute atomic E-state index is 0.191. The molecule has 3 aromatic rings. The lowest BCUT2D eigenvalue weighted by Gasteiger charge is -2.40. The van der Waals surface area contributed by atoms with E-state index in [0.717, 1.165) is 36.9 Å². The Bertz CT molecular complexity index is 1150. The number of carbonyl (C=O) groups is 1. The molecule has 0 aliphatic carbocycles. The van der Waals surface area contributed by atoms with E-state index in [0.29, 0.717) is 9.93 Å². The van der Waals surface area contributed by atoms with Crippen LogP contribution in [0.4, 0.5) is 0 Å². The van der Waals surface area contributed by atoms with Crippen LogP contribution in [-0.4, -0.2) is 47.1 Å². The maximum Gasteiger partial charge on any atom is 0.286 e. The van der Waals surface area contributed by atoms with Crippen molar-refractivity contribution in [2.45, 2.75) is 6.04 Å². The highest BCUT2D eigenvalue weighted by Crippen LogP contribution is 2.34. The number of thioether (sulfide) groups is 1. The summed E-state index contributed by atoms with van der Waals surface area (Å²) < 4.78 is 0. The van der Waals surface area contributed by atoms with Gasteiger partial charge in [-0.2, -0.15) is 4.99 Å². The van der Waals surface area contributed by atoms with Gasteiger partial charge in [-0.05, 0) is 40.6 Å². The Kier molecular flexibility index (Phi) is 6.63. The lowest BCUT2D eigenvalue weighted by Crippen LogP contribution is -2.49. The Labute approximate surface area is 203 Å². The summed E-state index contributed by atoms with van der Waals surface area (Å²) in [6.07, 6.45) is 1.84. The zero-order valence-electron chi connectivity index (χ0n) is 18.1. The van der Waals surface area contributed by atoms with Gasteiger partial charge in [0.05, 0.1) is 10.9 Å². The van der Waals surface area contributed by atoms with Crippen LogP contribution in [0, 0.1) is 0 Å². The van der Waals surface area contributed by atoms with Gasteiger partial charge in [0.25, 0.3) is 5.91 Å². The fourth-order valence-electron chi connectivity index (χ4n) is 4.32. The third-order valence-electron chi connectivity index (χ3n) is 5.98. The SMILES string of the molecule is O=C1N=C(N2CCN(C(c3ccccc3)c3ccccc3)CC2)S/C1=C\c1ccccc1Cl. The number of carbonyl (C=O) groups excluding carboxylic acids is 1. The number of nitrogens with zero attached hydrogens (tertiary/aromatic N) is 3. The van der Waals surface area contributed by atoms with Crippen LogP contribution < -0.4 is 0 Å². The van der Waals surface area contributed by atoms with E-state index in [1.807, 2.05) is 30.3 Å². The molecular formula is C27H24ClN3OS. The van der Waals surface area contributed by atoms with Crippen molar-refractivity contribution >= 4 is 40.5 Å². The molecule has 166 valence electrons. The molecule has 0 spiro atoms. The van der Waals surface area contributed by atoms with Crippen molar-refractivity contribution in [3.8, 4) is 0 Å². The number of rotatable bonds is 4. The third-order valence-corrected chi connectivity index (χ3v) is 7.37. The number of hydrogen-bond donors (Lipinski definition) is 0. The summed E-state index contributed by atoms with van der Waals surface area (Å²) in [5.41, 5.74) is 3.43. The highest BCUT2D eigenvalue weighted by molar-refractivity contribution is 8.18. The molecule has 0 atom stereocenters. The van der Waals surface area contributed by atoms with Gasteiger partial charge in [0, 0.05) is 31.2 Å². The van der Waals surface area contributed by atoms with Crippen molar-refractivity contribution in [2.24, 2.45) is 4.99 Å². The zero-order valence-corrected chi connectivity index (χ0v) is 19.7. The second-order valence-corrected chi connectivity index (χ2v) is 9.49. The number of benzene rings is 3. The van der Waals surface area contributed by atoms with Crippen LogP contribution in [0.3, 0.4) is 0 Å². The average molecular weight is 474 g/mol. The molecule has 1 amide bonds. The molecule has 0 N–H and O–H groups in total. The Morgan fingerprint density at radius 3 is 2.00 bits per heavy atom. The summed E-state index contributed by atoms with van der Waals surface area (Å²) in [6, 6.07) is 29.1. The second kappa shape index (κ2) is 9.96. The summed E-state index contributed by atoms with van der Waals surface area (Å²) in [5, 5.41) is 1.42. The van der Waals surface area contributed by atoms with Gasteiger partial charge in [-0.3, -0.25) is 9.69 Å². The van der Waals surface area contributed by atoms with Crippen LogP contribution in [-0.2, 0) is 4.79 Å². The first-order valence-electron chi connectivity index (χ1n) is 11.0. The third kappa shape index (κ3) is 4.91. The summed E-state index contributed by atoms with van der Waals surface area (Å²) in [7, 11) is 0. The summed E-state index contributed by atoms with van der Waals surface area (Å²) in [5.74, 6) is -0.191. The van der Waals surface area contributed by atoms with E-state index in [1.165, 1.54) is 22.9 Å². The van der Waals surface area contributed by atoms with E-state index in [1.54, 1.807) is 0 Å². The minimum atomic E-state index is -0.191. The molecule has 1 fully saturated rings. The van der Waals surface area contributed by atoms with Gasteiger partial charge in [-0.25, -0.2) is 0 Å². The second-order valence-electron chi connectivity index (χ2n) is 8.08. The van der Waals surface area contributed by atoms with Crippen molar-refractivity contribution in [2.75, 3.05) is 26.2 Å². The molecule has 0 aromatic heterocycles. The van der Waals surface area contributed by atoms with Crippen LogP contribution in [0.5, 0.6) is 0 Å². The molecule has 5 rings (SSSR count). The van der Waals surface area contributed by atoms with E-state index in [2.05, 4.69) is 75.5 Å². The van der Waals surface area contributed by atoms with E-state index >= 15 is 0 Å². The van der Waals surface area contributed by atoms with Crippen LogP contribution in [0.15, 0.2) is 94.8 Å². The Morgan fingerprint density at radius 1 is 0.818 bits per heavy atom. The average Bonchev–Trinajstić information content (AvgIpc) is 3.23. The Hall–Kier alpha value is -2.86.